The van der Waals surface area contributed by atoms with Gasteiger partial charge in [-0.15, -0.1) is 11.3 Å². The molecule has 3 rings (SSSR count). The highest BCUT2D eigenvalue weighted by atomic mass is 32.1. The van der Waals surface area contributed by atoms with Gasteiger partial charge in [0.15, 0.2) is 11.5 Å². The highest BCUT2D eigenvalue weighted by Gasteiger charge is 2.15. The summed E-state index contributed by atoms with van der Waals surface area (Å²) in [5, 5.41) is 6.07. The Morgan fingerprint density at radius 3 is 2.40 bits per heavy atom. The Labute approximate surface area is 180 Å². The van der Waals surface area contributed by atoms with Crippen molar-refractivity contribution in [2.75, 3.05) is 27.9 Å². The van der Waals surface area contributed by atoms with Gasteiger partial charge in [-0.3, -0.25) is 9.78 Å². The first-order valence-electron chi connectivity index (χ1n) is 9.55. The van der Waals surface area contributed by atoms with E-state index < -0.39 is 0 Å². The van der Waals surface area contributed by atoms with Crippen LogP contribution in [0.25, 0.3) is 11.3 Å². The number of benzene rings is 1. The number of nitrogens with zero attached hydrogens (tertiary/aromatic N) is 2. The predicted molar refractivity (Wildman–Crippen MR) is 116 cm³/mol. The number of rotatable bonds is 10. The van der Waals surface area contributed by atoms with Crippen LogP contribution in [0.5, 0.6) is 17.2 Å². The Morgan fingerprint density at radius 2 is 1.77 bits per heavy atom. The minimum atomic E-state index is -0.0547. The molecule has 30 heavy (non-hydrogen) atoms. The van der Waals surface area contributed by atoms with Gasteiger partial charge >= 0.3 is 0 Å². The van der Waals surface area contributed by atoms with Gasteiger partial charge in [0.1, 0.15) is 0 Å². The van der Waals surface area contributed by atoms with Gasteiger partial charge in [0.25, 0.3) is 0 Å². The summed E-state index contributed by atoms with van der Waals surface area (Å²) in [6, 6.07) is 7.47. The summed E-state index contributed by atoms with van der Waals surface area (Å²) in [6.07, 6.45) is 5.40. The number of aryl methyl sites for hydroxylation is 1. The van der Waals surface area contributed by atoms with Crippen LogP contribution in [0.1, 0.15) is 17.0 Å². The van der Waals surface area contributed by atoms with E-state index in [0.717, 1.165) is 34.7 Å². The maximum absolute atomic E-state index is 12.3. The van der Waals surface area contributed by atoms with E-state index in [1.54, 1.807) is 57.2 Å². The number of nitrogens with one attached hydrogen (secondary N) is 1. The summed E-state index contributed by atoms with van der Waals surface area (Å²) in [4.78, 5) is 21.0. The molecule has 1 N–H and O–H groups in total. The number of carbonyl (C=O) groups is 1. The highest BCUT2D eigenvalue weighted by Crippen LogP contribution is 2.38. The molecule has 0 aliphatic rings. The number of amides is 1. The van der Waals surface area contributed by atoms with Crippen LogP contribution in [0.4, 0.5) is 0 Å². The molecule has 2 heterocycles. The summed E-state index contributed by atoms with van der Waals surface area (Å²) < 4.78 is 16.0. The lowest BCUT2D eigenvalue weighted by atomic mass is 10.1. The van der Waals surface area contributed by atoms with Crippen LogP contribution >= 0.6 is 11.3 Å². The molecular formula is C22H25N3O4S. The normalized spacial score (nSPS) is 10.5. The van der Waals surface area contributed by atoms with Crippen molar-refractivity contribution in [2.24, 2.45) is 0 Å². The van der Waals surface area contributed by atoms with Crippen molar-refractivity contribution in [3.63, 3.8) is 0 Å². The van der Waals surface area contributed by atoms with E-state index >= 15 is 0 Å². The summed E-state index contributed by atoms with van der Waals surface area (Å²) in [7, 11) is 4.66. The zero-order chi connectivity index (χ0) is 21.3. The smallest absolute Gasteiger partial charge is 0.224 e. The van der Waals surface area contributed by atoms with E-state index in [4.69, 9.17) is 14.2 Å². The first-order valence-corrected chi connectivity index (χ1v) is 10.4. The number of aromatic nitrogens is 2. The Kier molecular flexibility index (Phi) is 7.62. The van der Waals surface area contributed by atoms with E-state index in [9.17, 15) is 4.79 Å². The molecule has 0 bridgehead atoms. The summed E-state index contributed by atoms with van der Waals surface area (Å²) in [5.74, 6) is 1.53. The van der Waals surface area contributed by atoms with Crippen LogP contribution in [0, 0.1) is 0 Å². The summed E-state index contributed by atoms with van der Waals surface area (Å²) >= 11 is 1.63. The van der Waals surface area contributed by atoms with Gasteiger partial charge in [-0.25, -0.2) is 4.98 Å². The fraction of sp³-hybridized carbons (Fsp3) is 0.318. The van der Waals surface area contributed by atoms with Crippen LogP contribution < -0.4 is 19.5 Å². The van der Waals surface area contributed by atoms with Gasteiger partial charge in [0.05, 0.1) is 38.5 Å². The maximum Gasteiger partial charge on any atom is 0.224 e. The quantitative estimate of drug-likeness (QED) is 0.499. The molecular weight excluding hydrogens is 402 g/mol. The third-order valence-electron chi connectivity index (χ3n) is 4.51. The molecule has 1 aromatic carbocycles. The Morgan fingerprint density at radius 1 is 1.07 bits per heavy atom. The van der Waals surface area contributed by atoms with Crippen LogP contribution in [0.3, 0.4) is 0 Å². The molecule has 1 amide bonds. The van der Waals surface area contributed by atoms with E-state index in [-0.39, 0.29) is 12.3 Å². The number of hydrogen-bond donors (Lipinski definition) is 1. The van der Waals surface area contributed by atoms with Gasteiger partial charge in [-0.1, -0.05) is 0 Å². The number of thiazole rings is 1. The van der Waals surface area contributed by atoms with Gasteiger partial charge in [-0.2, -0.15) is 0 Å². The van der Waals surface area contributed by atoms with Crippen molar-refractivity contribution in [1.29, 1.82) is 0 Å². The topological polar surface area (TPSA) is 82.6 Å². The average Bonchev–Trinajstić information content (AvgIpc) is 3.25. The van der Waals surface area contributed by atoms with Gasteiger partial charge in [0.2, 0.25) is 11.7 Å². The lowest BCUT2D eigenvalue weighted by Crippen LogP contribution is -2.26. The van der Waals surface area contributed by atoms with Gasteiger partial charge in [-0.05, 0) is 36.2 Å². The van der Waals surface area contributed by atoms with E-state index in [1.807, 2.05) is 17.5 Å². The van der Waals surface area contributed by atoms with Gasteiger partial charge in [0, 0.05) is 36.3 Å². The van der Waals surface area contributed by atoms with Crippen LogP contribution in [-0.2, 0) is 17.6 Å². The van der Waals surface area contributed by atoms with Crippen LogP contribution in [0.15, 0.2) is 42.0 Å². The maximum atomic E-state index is 12.3. The van der Waals surface area contributed by atoms with Crippen LogP contribution in [0.2, 0.25) is 0 Å². The standard InChI is InChI=1S/C22H25N3O4S/c1-27-18-11-15(12-19(28-2)22(18)29-3)13-20(26)24-8-4-5-21-25-17(14-30-21)16-6-9-23-10-7-16/h6-7,9-12,14H,4-5,8,13H2,1-3H3,(H,24,26). The third kappa shape index (κ3) is 5.48. The van der Waals surface area contributed by atoms with Crippen LogP contribution in [-0.4, -0.2) is 43.7 Å². The molecule has 3 aromatic rings. The number of ether oxygens (including phenoxy) is 3. The molecule has 8 heteroatoms. The molecule has 158 valence electrons. The van der Waals surface area contributed by atoms with Crippen molar-refractivity contribution in [3.8, 4) is 28.5 Å². The predicted octanol–water partition coefficient (Wildman–Crippen LogP) is 3.52. The fourth-order valence-electron chi connectivity index (χ4n) is 3.03. The molecule has 0 aliphatic heterocycles. The number of carbonyl (C=O) groups excluding carboxylic acids is 1. The molecule has 0 fully saturated rings. The largest absolute Gasteiger partial charge is 0.493 e. The van der Waals surface area contributed by atoms with Crippen molar-refractivity contribution in [2.45, 2.75) is 19.3 Å². The molecule has 0 radical (unpaired) electrons. The highest BCUT2D eigenvalue weighted by molar-refractivity contribution is 7.09. The second kappa shape index (κ2) is 10.6. The first kappa shape index (κ1) is 21.6. The van der Waals surface area contributed by atoms with E-state index in [0.29, 0.717) is 23.8 Å². The lowest BCUT2D eigenvalue weighted by molar-refractivity contribution is -0.120. The number of hydrogen-bond acceptors (Lipinski definition) is 7. The van der Waals surface area contributed by atoms with Crippen molar-refractivity contribution >= 4 is 17.2 Å². The van der Waals surface area contributed by atoms with E-state index in [2.05, 4.69) is 15.3 Å². The van der Waals surface area contributed by atoms with Crippen molar-refractivity contribution < 1.29 is 19.0 Å². The number of methoxy groups -OCH3 is 3. The molecule has 0 unspecified atom stereocenters. The molecule has 0 aliphatic carbocycles. The zero-order valence-electron chi connectivity index (χ0n) is 17.3. The minimum absolute atomic E-state index is 0.0547. The average molecular weight is 428 g/mol. The third-order valence-corrected chi connectivity index (χ3v) is 5.42. The summed E-state index contributed by atoms with van der Waals surface area (Å²) in [6.45, 7) is 0.591. The molecule has 0 atom stereocenters. The Hall–Kier alpha value is -3.13. The molecule has 2 aromatic heterocycles. The Balaban J connectivity index is 1.48. The SMILES string of the molecule is COc1cc(CC(=O)NCCCc2nc(-c3ccncc3)cs2)cc(OC)c1OC. The van der Waals surface area contributed by atoms with E-state index in [1.165, 1.54) is 0 Å². The lowest BCUT2D eigenvalue weighted by Gasteiger charge is -2.14. The second-order valence-electron chi connectivity index (χ2n) is 6.53. The molecule has 0 saturated heterocycles. The Bertz CT molecular complexity index is 951. The molecule has 0 spiro atoms. The minimum Gasteiger partial charge on any atom is -0.493 e. The summed E-state index contributed by atoms with van der Waals surface area (Å²) in [5.41, 5.74) is 2.82. The molecule has 7 nitrogen and oxygen atoms in total. The first-order chi connectivity index (χ1) is 14.6. The van der Waals surface area contributed by atoms with Crippen molar-refractivity contribution in [3.05, 3.63) is 52.6 Å². The zero-order valence-corrected chi connectivity index (χ0v) is 18.1. The fourth-order valence-corrected chi connectivity index (χ4v) is 3.88. The van der Waals surface area contributed by atoms with Crippen molar-refractivity contribution in [1.82, 2.24) is 15.3 Å². The second-order valence-corrected chi connectivity index (χ2v) is 7.47. The van der Waals surface area contributed by atoms with Gasteiger partial charge < -0.3 is 19.5 Å². The monoisotopic (exact) mass is 427 g/mol. The molecule has 0 saturated carbocycles. The number of pyridine rings is 1.